The molecule has 1 amide bonds. The molecular formula is C30H34N8O. The third kappa shape index (κ3) is 5.94. The molecule has 1 atom stereocenters. The van der Waals surface area contributed by atoms with Gasteiger partial charge in [-0.05, 0) is 55.7 Å². The van der Waals surface area contributed by atoms with Crippen LogP contribution in [0.5, 0.6) is 0 Å². The number of aromatic nitrogens is 4. The first-order valence-electron chi connectivity index (χ1n) is 13.4. The van der Waals surface area contributed by atoms with Crippen molar-refractivity contribution < 1.29 is 4.79 Å². The number of hydrogen-bond acceptors (Lipinski definition) is 8. The first-order valence-corrected chi connectivity index (χ1v) is 13.4. The van der Waals surface area contributed by atoms with Gasteiger partial charge in [-0.25, -0.2) is 19.9 Å². The van der Waals surface area contributed by atoms with Crippen LogP contribution in [-0.2, 0) is 6.42 Å². The average Bonchev–Trinajstić information content (AvgIpc) is 2.99. The van der Waals surface area contributed by atoms with Crippen LogP contribution in [0.3, 0.4) is 0 Å². The fraction of sp³-hybridized carbons (Fsp3) is 0.300. The normalized spacial score (nSPS) is 14.5. The van der Waals surface area contributed by atoms with Crippen molar-refractivity contribution >= 4 is 23.2 Å². The molecule has 2 aromatic carbocycles. The lowest BCUT2D eigenvalue weighted by Crippen LogP contribution is -2.55. The van der Waals surface area contributed by atoms with Crippen LogP contribution in [-0.4, -0.2) is 63.1 Å². The minimum atomic E-state index is -0.127. The lowest BCUT2D eigenvalue weighted by molar-refractivity contribution is 0.0922. The first-order chi connectivity index (χ1) is 19.0. The Morgan fingerprint density at radius 3 is 2.64 bits per heavy atom. The number of rotatable bonds is 8. The van der Waals surface area contributed by atoms with Crippen LogP contribution in [0.15, 0.2) is 73.4 Å². The van der Waals surface area contributed by atoms with Crippen molar-refractivity contribution in [2.24, 2.45) is 0 Å². The molecule has 9 nitrogen and oxygen atoms in total. The van der Waals surface area contributed by atoms with E-state index in [4.69, 9.17) is 0 Å². The Bertz CT molecular complexity index is 1420. The molecule has 39 heavy (non-hydrogen) atoms. The number of aryl methyl sites for hydroxylation is 2. The van der Waals surface area contributed by atoms with E-state index in [0.29, 0.717) is 5.95 Å². The number of nitrogens with one attached hydrogen (secondary N) is 2. The van der Waals surface area contributed by atoms with Crippen molar-refractivity contribution in [1.82, 2.24) is 30.2 Å². The number of nitrogens with zero attached hydrogens (tertiary/aromatic N) is 6. The van der Waals surface area contributed by atoms with E-state index in [0.717, 1.165) is 71.9 Å². The molecule has 0 spiro atoms. The first kappa shape index (κ1) is 26.4. The lowest BCUT2D eigenvalue weighted by Gasteiger charge is -2.40. The molecule has 0 aliphatic carbocycles. The number of amides is 1. The van der Waals surface area contributed by atoms with Crippen molar-refractivity contribution in [3.8, 4) is 11.3 Å². The molecule has 3 heterocycles. The molecule has 1 aliphatic heterocycles. The van der Waals surface area contributed by atoms with Crippen LogP contribution in [0.1, 0.15) is 35.3 Å². The van der Waals surface area contributed by atoms with Crippen molar-refractivity contribution in [2.75, 3.05) is 36.4 Å². The Morgan fingerprint density at radius 2 is 1.87 bits per heavy atom. The Labute approximate surface area is 229 Å². The van der Waals surface area contributed by atoms with Crippen molar-refractivity contribution in [1.29, 1.82) is 0 Å². The number of carbonyl (C=O) groups is 1. The standard InChI is InChI=1S/C30H34N8O/c1-4-23-7-5-6-8-26(23)29(39)38(22(3)37-15-13-31-14-16-37)25-10-9-21(2)28(17-25)36-30-34-12-11-27(35-30)24-18-32-20-33-19-24/h5-12,17-20,22,31H,4,13-16H2,1-3H3,(H,34,35,36). The van der Waals surface area contributed by atoms with Crippen LogP contribution < -0.4 is 15.5 Å². The van der Waals surface area contributed by atoms with E-state index in [1.807, 2.05) is 60.4 Å². The molecule has 2 N–H and O–H groups in total. The average molecular weight is 523 g/mol. The summed E-state index contributed by atoms with van der Waals surface area (Å²) >= 11 is 0. The molecule has 4 aromatic rings. The maximum atomic E-state index is 14.2. The van der Waals surface area contributed by atoms with E-state index in [-0.39, 0.29) is 12.1 Å². The highest BCUT2D eigenvalue weighted by molar-refractivity contribution is 6.07. The van der Waals surface area contributed by atoms with E-state index in [1.54, 1.807) is 18.6 Å². The Morgan fingerprint density at radius 1 is 1.10 bits per heavy atom. The van der Waals surface area contributed by atoms with Crippen LogP contribution in [0, 0.1) is 6.92 Å². The number of benzene rings is 2. The van der Waals surface area contributed by atoms with E-state index in [2.05, 4.69) is 49.3 Å². The summed E-state index contributed by atoms with van der Waals surface area (Å²) < 4.78 is 0. The van der Waals surface area contributed by atoms with Gasteiger partial charge in [-0.15, -0.1) is 0 Å². The van der Waals surface area contributed by atoms with E-state index < -0.39 is 0 Å². The monoisotopic (exact) mass is 522 g/mol. The minimum absolute atomic E-state index is 0.00406. The zero-order chi connectivity index (χ0) is 27.2. The Balaban J connectivity index is 1.50. The van der Waals surface area contributed by atoms with Crippen molar-refractivity contribution in [3.05, 3.63) is 90.1 Å². The highest BCUT2D eigenvalue weighted by Crippen LogP contribution is 2.30. The van der Waals surface area contributed by atoms with Gasteiger partial charge in [-0.2, -0.15) is 0 Å². The Hall–Kier alpha value is -4.21. The second kappa shape index (κ2) is 12.1. The van der Waals surface area contributed by atoms with Gasteiger partial charge in [0.05, 0.1) is 11.9 Å². The lowest BCUT2D eigenvalue weighted by atomic mass is 10.0. The maximum Gasteiger partial charge on any atom is 0.259 e. The van der Waals surface area contributed by atoms with Gasteiger partial charge in [-0.1, -0.05) is 31.2 Å². The molecular weight excluding hydrogens is 488 g/mol. The summed E-state index contributed by atoms with van der Waals surface area (Å²) in [6.45, 7) is 9.78. The van der Waals surface area contributed by atoms with Gasteiger partial charge < -0.3 is 10.6 Å². The van der Waals surface area contributed by atoms with Crippen LogP contribution in [0.2, 0.25) is 0 Å². The predicted octanol–water partition coefficient (Wildman–Crippen LogP) is 4.45. The van der Waals surface area contributed by atoms with Crippen molar-refractivity contribution in [3.63, 3.8) is 0 Å². The summed E-state index contributed by atoms with van der Waals surface area (Å²) in [4.78, 5) is 35.7. The smallest absolute Gasteiger partial charge is 0.259 e. The molecule has 1 unspecified atom stereocenters. The highest BCUT2D eigenvalue weighted by Gasteiger charge is 2.30. The number of carbonyl (C=O) groups excluding carboxylic acids is 1. The number of anilines is 3. The maximum absolute atomic E-state index is 14.2. The zero-order valence-electron chi connectivity index (χ0n) is 22.6. The van der Waals surface area contributed by atoms with Gasteiger partial charge in [0.15, 0.2) is 0 Å². The second-order valence-corrected chi connectivity index (χ2v) is 9.62. The van der Waals surface area contributed by atoms with E-state index in [9.17, 15) is 4.79 Å². The fourth-order valence-electron chi connectivity index (χ4n) is 4.91. The molecule has 1 aliphatic rings. The van der Waals surface area contributed by atoms with Gasteiger partial charge >= 0.3 is 0 Å². The summed E-state index contributed by atoms with van der Waals surface area (Å²) in [5.74, 6) is 0.455. The molecule has 200 valence electrons. The molecule has 5 rings (SSSR count). The van der Waals surface area contributed by atoms with E-state index >= 15 is 0 Å². The molecule has 2 aromatic heterocycles. The second-order valence-electron chi connectivity index (χ2n) is 9.62. The molecule has 0 saturated carbocycles. The molecule has 1 fully saturated rings. The van der Waals surface area contributed by atoms with Crippen LogP contribution in [0.25, 0.3) is 11.3 Å². The van der Waals surface area contributed by atoms with Gasteiger partial charge in [0.2, 0.25) is 5.95 Å². The fourth-order valence-corrected chi connectivity index (χ4v) is 4.91. The van der Waals surface area contributed by atoms with E-state index in [1.165, 1.54) is 6.33 Å². The van der Waals surface area contributed by atoms with Gasteiger partial charge in [0.1, 0.15) is 6.33 Å². The van der Waals surface area contributed by atoms with Gasteiger partial charge in [0, 0.05) is 67.3 Å². The van der Waals surface area contributed by atoms with Gasteiger partial charge in [0.25, 0.3) is 5.91 Å². The molecule has 1 saturated heterocycles. The zero-order valence-corrected chi connectivity index (χ0v) is 22.6. The minimum Gasteiger partial charge on any atom is -0.324 e. The topological polar surface area (TPSA) is 99.2 Å². The summed E-state index contributed by atoms with van der Waals surface area (Å²) in [6, 6.07) is 15.8. The predicted molar refractivity (Wildman–Crippen MR) is 154 cm³/mol. The molecule has 9 heteroatoms. The summed E-state index contributed by atoms with van der Waals surface area (Å²) in [7, 11) is 0. The summed E-state index contributed by atoms with van der Waals surface area (Å²) in [6.07, 6.45) is 7.31. The summed E-state index contributed by atoms with van der Waals surface area (Å²) in [5.41, 5.74) is 5.98. The molecule has 0 radical (unpaired) electrons. The Kier molecular flexibility index (Phi) is 8.19. The summed E-state index contributed by atoms with van der Waals surface area (Å²) in [5, 5.41) is 6.78. The SMILES string of the molecule is CCc1ccccc1C(=O)N(c1ccc(C)c(Nc2nccc(-c3cncnc3)n2)c1)C(C)N1CCNCC1. The van der Waals surface area contributed by atoms with Crippen LogP contribution >= 0.6 is 0 Å². The van der Waals surface area contributed by atoms with Crippen LogP contribution in [0.4, 0.5) is 17.3 Å². The molecule has 0 bridgehead atoms. The quantitative estimate of drug-likeness (QED) is 0.350. The largest absolute Gasteiger partial charge is 0.324 e. The third-order valence-corrected chi connectivity index (χ3v) is 7.16. The third-order valence-electron chi connectivity index (χ3n) is 7.16. The van der Waals surface area contributed by atoms with Gasteiger partial charge in [-0.3, -0.25) is 14.6 Å². The number of piperazine rings is 1. The highest BCUT2D eigenvalue weighted by atomic mass is 16.2. The number of hydrogen-bond donors (Lipinski definition) is 2. The van der Waals surface area contributed by atoms with Crippen molar-refractivity contribution in [2.45, 2.75) is 33.4 Å².